The molecule has 6 aromatic carbocycles. The number of hydrogen-bond acceptors (Lipinski definition) is 2. The van der Waals surface area contributed by atoms with Crippen LogP contribution in [-0.4, -0.2) is 4.98 Å². The van der Waals surface area contributed by atoms with Crippen LogP contribution in [0, 0.1) is 0 Å². The molecule has 2 heterocycles. The van der Waals surface area contributed by atoms with E-state index in [1.165, 1.54) is 33.4 Å². The zero-order valence-electron chi connectivity index (χ0n) is 25.8. The number of benzene rings is 6. The smallest absolute Gasteiger partial charge is 0.145 e. The van der Waals surface area contributed by atoms with Crippen molar-refractivity contribution >= 4 is 21.9 Å². The van der Waals surface area contributed by atoms with Crippen LogP contribution < -0.4 is 0 Å². The number of hydrogen-bond donors (Lipinski definition) is 0. The highest BCUT2D eigenvalue weighted by atomic mass is 16.3. The maximum atomic E-state index is 6.85. The van der Waals surface area contributed by atoms with Crippen LogP contribution >= 0.6 is 0 Å². The van der Waals surface area contributed by atoms with E-state index in [0.717, 1.165) is 55.6 Å². The molecule has 0 bridgehead atoms. The van der Waals surface area contributed by atoms with Gasteiger partial charge in [-0.15, -0.1) is 0 Å². The highest BCUT2D eigenvalue weighted by molar-refractivity contribution is 6.20. The van der Waals surface area contributed by atoms with E-state index in [1.54, 1.807) is 0 Å². The Bertz CT molecular complexity index is 2380. The van der Waals surface area contributed by atoms with Crippen molar-refractivity contribution in [3.63, 3.8) is 0 Å². The second-order valence-electron chi connectivity index (χ2n) is 12.7. The summed E-state index contributed by atoms with van der Waals surface area (Å²) in [5, 5.41) is 2.25. The summed E-state index contributed by atoms with van der Waals surface area (Å²) in [4.78, 5) is 5.36. The summed E-state index contributed by atoms with van der Waals surface area (Å²) >= 11 is 0. The van der Waals surface area contributed by atoms with Crippen molar-refractivity contribution in [3.8, 4) is 55.9 Å². The SMILES string of the molecule is CC1(C)c2ccccc2-c2cc(-c3cc(-c4ccccc4)cc(-c4ccccc4)n3)c3oc4ccccc4c3c2-c2ccccc21. The number of furan rings is 1. The Morgan fingerprint density at radius 2 is 1.07 bits per heavy atom. The lowest BCUT2D eigenvalue weighted by Gasteiger charge is -2.28. The third kappa shape index (κ3) is 4.00. The number of aromatic nitrogens is 1. The molecule has 0 atom stereocenters. The van der Waals surface area contributed by atoms with Crippen molar-refractivity contribution in [2.75, 3.05) is 0 Å². The lowest BCUT2D eigenvalue weighted by Crippen LogP contribution is -2.19. The minimum Gasteiger partial charge on any atom is -0.455 e. The number of nitrogens with zero attached hydrogens (tertiary/aromatic N) is 1. The van der Waals surface area contributed by atoms with Gasteiger partial charge in [0.25, 0.3) is 0 Å². The molecule has 9 rings (SSSR count). The Morgan fingerprint density at radius 1 is 0.478 bits per heavy atom. The third-order valence-electron chi connectivity index (χ3n) is 9.69. The van der Waals surface area contributed by atoms with Crippen LogP contribution in [0.4, 0.5) is 0 Å². The van der Waals surface area contributed by atoms with Crippen molar-refractivity contribution < 1.29 is 4.42 Å². The summed E-state index contributed by atoms with van der Waals surface area (Å²) in [5.41, 5.74) is 15.3. The zero-order valence-corrected chi connectivity index (χ0v) is 25.8. The monoisotopic (exact) mass is 589 g/mol. The molecule has 1 aliphatic carbocycles. The van der Waals surface area contributed by atoms with E-state index in [1.807, 2.05) is 6.07 Å². The summed E-state index contributed by atoms with van der Waals surface area (Å²) in [7, 11) is 0. The van der Waals surface area contributed by atoms with E-state index < -0.39 is 0 Å². The van der Waals surface area contributed by atoms with Gasteiger partial charge in [-0.1, -0.05) is 141 Å². The Labute approximate surface area is 268 Å². The van der Waals surface area contributed by atoms with Crippen LogP contribution in [0.5, 0.6) is 0 Å². The second-order valence-corrected chi connectivity index (χ2v) is 12.7. The molecule has 0 saturated heterocycles. The predicted molar refractivity (Wildman–Crippen MR) is 191 cm³/mol. The average molecular weight is 590 g/mol. The van der Waals surface area contributed by atoms with Gasteiger partial charge in [-0.2, -0.15) is 0 Å². The van der Waals surface area contributed by atoms with Gasteiger partial charge in [-0.25, -0.2) is 4.98 Å². The topological polar surface area (TPSA) is 26.0 Å². The standard InChI is InChI=1S/C44H31NO/c1-44(2)36-22-12-9-19-31(36)34-27-35(39-26-30(28-15-5-3-6-16-28)25-38(45-39)29-17-7-4-8-18-29)43-42(33-21-11-14-24-40(33)46-43)41(34)32-20-10-13-23-37(32)44/h3-27H,1-2H3. The van der Waals surface area contributed by atoms with Gasteiger partial charge in [0.2, 0.25) is 0 Å². The molecule has 0 saturated carbocycles. The van der Waals surface area contributed by atoms with Crippen LogP contribution in [0.1, 0.15) is 25.0 Å². The van der Waals surface area contributed by atoms with Gasteiger partial charge in [0, 0.05) is 32.9 Å². The molecule has 8 aromatic rings. The van der Waals surface area contributed by atoms with Gasteiger partial charge in [0.05, 0.1) is 11.4 Å². The third-order valence-corrected chi connectivity index (χ3v) is 9.69. The Hall–Kier alpha value is -5.73. The van der Waals surface area contributed by atoms with Gasteiger partial charge < -0.3 is 4.42 Å². The first-order valence-electron chi connectivity index (χ1n) is 15.9. The Balaban J connectivity index is 1.45. The first-order valence-corrected chi connectivity index (χ1v) is 15.9. The van der Waals surface area contributed by atoms with Crippen molar-refractivity contribution in [1.29, 1.82) is 0 Å². The fourth-order valence-electron chi connectivity index (χ4n) is 7.46. The van der Waals surface area contributed by atoms with Gasteiger partial charge >= 0.3 is 0 Å². The van der Waals surface area contributed by atoms with E-state index in [9.17, 15) is 0 Å². The van der Waals surface area contributed by atoms with Gasteiger partial charge in [-0.3, -0.25) is 0 Å². The minimum absolute atomic E-state index is 0.204. The first-order chi connectivity index (χ1) is 22.6. The highest BCUT2D eigenvalue weighted by Crippen LogP contribution is 2.54. The zero-order chi connectivity index (χ0) is 30.8. The Morgan fingerprint density at radius 3 is 1.83 bits per heavy atom. The molecule has 0 aliphatic heterocycles. The largest absolute Gasteiger partial charge is 0.455 e. The maximum Gasteiger partial charge on any atom is 0.145 e. The Kier molecular flexibility index (Phi) is 5.88. The van der Waals surface area contributed by atoms with E-state index in [4.69, 9.17) is 9.40 Å². The molecule has 2 nitrogen and oxygen atoms in total. The quantitative estimate of drug-likeness (QED) is 0.205. The van der Waals surface area contributed by atoms with Crippen LogP contribution in [0.3, 0.4) is 0 Å². The molecule has 46 heavy (non-hydrogen) atoms. The van der Waals surface area contributed by atoms with E-state index in [2.05, 4.69) is 159 Å². The summed E-state index contributed by atoms with van der Waals surface area (Å²) in [6.07, 6.45) is 0. The van der Waals surface area contributed by atoms with Crippen molar-refractivity contribution in [2.45, 2.75) is 19.3 Å². The summed E-state index contributed by atoms with van der Waals surface area (Å²) < 4.78 is 6.85. The normalized spacial score (nSPS) is 13.2. The lowest BCUT2D eigenvalue weighted by atomic mass is 9.75. The van der Waals surface area contributed by atoms with Gasteiger partial charge in [0.1, 0.15) is 11.2 Å². The van der Waals surface area contributed by atoms with Crippen molar-refractivity contribution in [1.82, 2.24) is 4.98 Å². The maximum absolute atomic E-state index is 6.85. The van der Waals surface area contributed by atoms with Gasteiger partial charge in [0.15, 0.2) is 0 Å². The minimum atomic E-state index is -0.204. The summed E-state index contributed by atoms with van der Waals surface area (Å²) in [6.45, 7) is 4.69. The second kappa shape index (κ2) is 10.2. The first kappa shape index (κ1) is 26.7. The van der Waals surface area contributed by atoms with Crippen LogP contribution in [0.25, 0.3) is 77.8 Å². The molecule has 0 radical (unpaired) electrons. The van der Waals surface area contributed by atoms with Crippen LogP contribution in [-0.2, 0) is 5.41 Å². The molecule has 0 N–H and O–H groups in total. The van der Waals surface area contributed by atoms with E-state index in [0.29, 0.717) is 0 Å². The number of pyridine rings is 1. The number of fused-ring (bicyclic) bond motifs is 9. The van der Waals surface area contributed by atoms with Crippen molar-refractivity contribution in [2.24, 2.45) is 0 Å². The fraction of sp³-hybridized carbons (Fsp3) is 0.0682. The van der Waals surface area contributed by atoms with Crippen LogP contribution in [0.2, 0.25) is 0 Å². The molecule has 2 heteroatoms. The number of para-hydroxylation sites is 1. The molecular formula is C44H31NO. The molecule has 0 unspecified atom stereocenters. The van der Waals surface area contributed by atoms with E-state index >= 15 is 0 Å². The van der Waals surface area contributed by atoms with Gasteiger partial charge in [-0.05, 0) is 63.2 Å². The fourth-order valence-corrected chi connectivity index (χ4v) is 7.46. The molecule has 0 fully saturated rings. The molecule has 2 aromatic heterocycles. The lowest BCUT2D eigenvalue weighted by molar-refractivity contribution is 0.646. The molecule has 1 aliphatic rings. The predicted octanol–water partition coefficient (Wildman–Crippen LogP) is 12.0. The van der Waals surface area contributed by atoms with E-state index in [-0.39, 0.29) is 5.41 Å². The highest BCUT2D eigenvalue weighted by Gasteiger charge is 2.35. The summed E-state index contributed by atoms with van der Waals surface area (Å²) in [5.74, 6) is 0. The molecular weight excluding hydrogens is 558 g/mol. The molecule has 218 valence electrons. The average Bonchev–Trinajstić information content (AvgIpc) is 3.48. The van der Waals surface area contributed by atoms with Crippen LogP contribution in [0.15, 0.2) is 156 Å². The summed E-state index contributed by atoms with van der Waals surface area (Å²) in [6, 6.07) is 54.0. The molecule has 0 spiro atoms. The number of rotatable bonds is 3. The molecule has 0 amide bonds. The van der Waals surface area contributed by atoms with Crippen molar-refractivity contribution in [3.05, 3.63) is 163 Å².